The Bertz CT molecular complexity index is 442. The van der Waals surface area contributed by atoms with Gasteiger partial charge in [0.2, 0.25) is 0 Å². The van der Waals surface area contributed by atoms with Crippen molar-refractivity contribution in [2.45, 2.75) is 6.54 Å². The molecule has 0 N–H and O–H groups in total. The van der Waals surface area contributed by atoms with Crippen molar-refractivity contribution in [1.29, 1.82) is 0 Å². The summed E-state index contributed by atoms with van der Waals surface area (Å²) in [5.74, 6) is 0. The normalized spacial score (nSPS) is 10.5. The third-order valence-electron chi connectivity index (χ3n) is 2.02. The van der Waals surface area contributed by atoms with Crippen molar-refractivity contribution in [3.63, 3.8) is 0 Å². The van der Waals surface area contributed by atoms with Crippen LogP contribution in [0, 0.1) is 0 Å². The van der Waals surface area contributed by atoms with E-state index < -0.39 is 0 Å². The van der Waals surface area contributed by atoms with Crippen LogP contribution in [0.25, 0.3) is 10.9 Å². The fourth-order valence-electron chi connectivity index (χ4n) is 1.46. The van der Waals surface area contributed by atoms with Crippen LogP contribution in [0.5, 0.6) is 0 Å². The van der Waals surface area contributed by atoms with Crippen LogP contribution in [-0.2, 0) is 6.54 Å². The van der Waals surface area contributed by atoms with E-state index >= 15 is 0 Å². The van der Waals surface area contributed by atoms with E-state index in [0.717, 1.165) is 11.0 Å². The Morgan fingerprint density at radius 3 is 2.85 bits per heavy atom. The van der Waals surface area contributed by atoms with Crippen LogP contribution < -0.4 is 0 Å². The molecule has 13 heavy (non-hydrogen) atoms. The number of allylic oxidation sites excluding steroid dienone is 1. The molecule has 0 saturated carbocycles. The van der Waals surface area contributed by atoms with Gasteiger partial charge in [0.15, 0.2) is 0 Å². The Morgan fingerprint density at radius 1 is 1.31 bits per heavy atom. The van der Waals surface area contributed by atoms with Gasteiger partial charge in [0.25, 0.3) is 0 Å². The summed E-state index contributed by atoms with van der Waals surface area (Å²) in [6.07, 6.45) is 2.08. The van der Waals surface area contributed by atoms with Gasteiger partial charge >= 0.3 is 0 Å². The van der Waals surface area contributed by atoms with E-state index in [1.165, 1.54) is 10.9 Å². The quantitative estimate of drug-likeness (QED) is 0.751. The number of nitrogens with zero attached hydrogens (tertiary/aromatic N) is 1. The van der Waals surface area contributed by atoms with Gasteiger partial charge in [-0.3, -0.25) is 0 Å². The first-order chi connectivity index (χ1) is 6.27. The number of halogens is 1. The molecule has 2 aromatic rings. The zero-order valence-electron chi connectivity index (χ0n) is 7.20. The van der Waals surface area contributed by atoms with Crippen LogP contribution in [0.3, 0.4) is 0 Å². The number of hydrogen-bond donors (Lipinski definition) is 0. The summed E-state index contributed by atoms with van der Waals surface area (Å²) >= 11 is 3.37. The molecule has 0 saturated heterocycles. The Hall–Kier alpha value is -1.02. The molecule has 1 aromatic carbocycles. The van der Waals surface area contributed by atoms with Gasteiger partial charge in [-0.1, -0.05) is 40.7 Å². The highest BCUT2D eigenvalue weighted by Crippen LogP contribution is 2.17. The fourth-order valence-corrected chi connectivity index (χ4v) is 1.73. The fraction of sp³-hybridized carbons (Fsp3) is 0.0909. The summed E-state index contributed by atoms with van der Waals surface area (Å²) in [6, 6.07) is 10.4. The summed E-state index contributed by atoms with van der Waals surface area (Å²) in [5.41, 5.74) is 1.25. The maximum Gasteiger partial charge on any atom is 0.0535 e. The third kappa shape index (κ3) is 1.68. The zero-order valence-corrected chi connectivity index (χ0v) is 8.79. The zero-order chi connectivity index (χ0) is 9.26. The number of benzene rings is 1. The SMILES string of the molecule is C=C(Br)Cn1ccc2ccccc21. The molecule has 0 spiro atoms. The summed E-state index contributed by atoms with van der Waals surface area (Å²) in [7, 11) is 0. The van der Waals surface area contributed by atoms with Crippen molar-refractivity contribution in [2.75, 3.05) is 0 Å². The van der Waals surface area contributed by atoms with Crippen molar-refractivity contribution in [1.82, 2.24) is 4.57 Å². The van der Waals surface area contributed by atoms with E-state index in [2.05, 4.69) is 63.6 Å². The van der Waals surface area contributed by atoms with Gasteiger partial charge in [0.05, 0.1) is 6.54 Å². The summed E-state index contributed by atoms with van der Waals surface area (Å²) in [4.78, 5) is 0. The van der Waals surface area contributed by atoms with Crippen LogP contribution in [0.4, 0.5) is 0 Å². The van der Waals surface area contributed by atoms with Crippen LogP contribution in [0.2, 0.25) is 0 Å². The van der Waals surface area contributed by atoms with Gasteiger partial charge in [-0.25, -0.2) is 0 Å². The second-order valence-electron chi connectivity index (χ2n) is 3.02. The minimum atomic E-state index is 0.827. The maximum absolute atomic E-state index is 3.83. The molecule has 0 bridgehead atoms. The number of aromatic nitrogens is 1. The van der Waals surface area contributed by atoms with E-state index in [9.17, 15) is 0 Å². The van der Waals surface area contributed by atoms with E-state index in [1.54, 1.807) is 0 Å². The Morgan fingerprint density at radius 2 is 2.08 bits per heavy atom. The Labute approximate surface area is 85.8 Å². The molecule has 1 heterocycles. The molecule has 0 aliphatic rings. The number of fused-ring (bicyclic) bond motifs is 1. The Balaban J connectivity index is 2.51. The van der Waals surface area contributed by atoms with E-state index in [-0.39, 0.29) is 0 Å². The van der Waals surface area contributed by atoms with Gasteiger partial charge in [-0.15, -0.1) is 0 Å². The van der Waals surface area contributed by atoms with E-state index in [1.807, 2.05) is 0 Å². The van der Waals surface area contributed by atoms with E-state index in [0.29, 0.717) is 0 Å². The number of para-hydroxylation sites is 1. The topological polar surface area (TPSA) is 4.93 Å². The van der Waals surface area contributed by atoms with Crippen molar-refractivity contribution >= 4 is 26.8 Å². The second kappa shape index (κ2) is 3.38. The molecular weight excluding hydrogens is 226 g/mol. The first kappa shape index (κ1) is 8.57. The molecule has 66 valence electrons. The van der Waals surface area contributed by atoms with Crippen LogP contribution >= 0.6 is 15.9 Å². The van der Waals surface area contributed by atoms with Crippen LogP contribution in [-0.4, -0.2) is 4.57 Å². The average Bonchev–Trinajstić information content (AvgIpc) is 2.48. The molecule has 2 heteroatoms. The first-order valence-corrected chi connectivity index (χ1v) is 4.94. The standard InChI is InChI=1S/C11H10BrN/c1-9(12)8-13-7-6-10-4-2-3-5-11(10)13/h2-7H,1,8H2. The monoisotopic (exact) mass is 235 g/mol. The van der Waals surface area contributed by atoms with Gasteiger partial charge < -0.3 is 4.57 Å². The van der Waals surface area contributed by atoms with Crippen molar-refractivity contribution in [3.05, 3.63) is 47.6 Å². The van der Waals surface area contributed by atoms with Gasteiger partial charge in [-0.05, 0) is 17.5 Å². The number of rotatable bonds is 2. The molecule has 1 nitrogen and oxygen atoms in total. The highest BCUT2D eigenvalue weighted by Gasteiger charge is 1.98. The summed E-state index contributed by atoms with van der Waals surface area (Å²) in [5, 5.41) is 1.27. The molecule has 0 aliphatic heterocycles. The molecule has 0 fully saturated rings. The van der Waals surface area contributed by atoms with Crippen molar-refractivity contribution in [3.8, 4) is 0 Å². The second-order valence-corrected chi connectivity index (χ2v) is 4.14. The first-order valence-electron chi connectivity index (χ1n) is 4.14. The van der Waals surface area contributed by atoms with Crippen LogP contribution in [0.15, 0.2) is 47.6 Å². The van der Waals surface area contributed by atoms with Gasteiger partial charge in [0, 0.05) is 16.2 Å². The smallest absolute Gasteiger partial charge is 0.0535 e. The Kier molecular flexibility index (Phi) is 2.23. The lowest BCUT2D eigenvalue weighted by atomic mass is 10.2. The molecule has 0 unspecified atom stereocenters. The molecule has 0 amide bonds. The van der Waals surface area contributed by atoms with Crippen LogP contribution in [0.1, 0.15) is 0 Å². The lowest BCUT2D eigenvalue weighted by molar-refractivity contribution is 0.858. The minimum Gasteiger partial charge on any atom is -0.343 e. The predicted molar refractivity (Wildman–Crippen MR) is 60.0 cm³/mol. The van der Waals surface area contributed by atoms with Gasteiger partial charge in [0.1, 0.15) is 0 Å². The molecule has 0 aliphatic carbocycles. The van der Waals surface area contributed by atoms with Crippen molar-refractivity contribution in [2.24, 2.45) is 0 Å². The van der Waals surface area contributed by atoms with Crippen molar-refractivity contribution < 1.29 is 0 Å². The minimum absolute atomic E-state index is 0.827. The largest absolute Gasteiger partial charge is 0.343 e. The summed E-state index contributed by atoms with van der Waals surface area (Å²) < 4.78 is 3.17. The lowest BCUT2D eigenvalue weighted by Gasteiger charge is -2.02. The molecular formula is C11H10BrN. The lowest BCUT2D eigenvalue weighted by Crippen LogP contribution is -1.93. The highest BCUT2D eigenvalue weighted by atomic mass is 79.9. The third-order valence-corrected chi connectivity index (χ3v) is 2.27. The van der Waals surface area contributed by atoms with E-state index in [4.69, 9.17) is 0 Å². The summed E-state index contributed by atoms with van der Waals surface area (Å²) in [6.45, 7) is 4.66. The predicted octanol–water partition coefficient (Wildman–Crippen LogP) is 3.55. The molecule has 0 radical (unpaired) electrons. The molecule has 1 aromatic heterocycles. The number of hydrogen-bond acceptors (Lipinski definition) is 0. The maximum atomic E-state index is 3.83. The molecule has 0 atom stereocenters. The van der Waals surface area contributed by atoms with Gasteiger partial charge in [-0.2, -0.15) is 0 Å². The average molecular weight is 236 g/mol. The molecule has 2 rings (SSSR count). The highest BCUT2D eigenvalue weighted by molar-refractivity contribution is 9.11.